The fourth-order valence-corrected chi connectivity index (χ4v) is 4.73. The minimum absolute atomic E-state index is 0.00148. The van der Waals surface area contributed by atoms with E-state index in [0.29, 0.717) is 12.5 Å². The van der Waals surface area contributed by atoms with Crippen LogP contribution in [0.4, 0.5) is 18.0 Å². The number of hydroxylamine groups is 2. The molecular formula is C21H24F3N3O4S. The van der Waals surface area contributed by atoms with Crippen molar-refractivity contribution in [2.45, 2.75) is 24.9 Å². The molecule has 0 radical (unpaired) electrons. The third-order valence-corrected chi connectivity index (χ3v) is 6.11. The standard InChI is InChI=1S/C21H24F3N3O4S/c1-26(31-2)21(28)27-8-7-18(25-32(3,29)30)19(27)11-13-5-4-6-17(20(13)24)14-9-15(22)12-16(23)10-14/h4-6,9-10,12,18-19,25H,7-8,11H2,1-3H3/t18-,19-/m0/s1. The Hall–Kier alpha value is -2.63. The van der Waals surface area contributed by atoms with E-state index in [1.54, 1.807) is 0 Å². The molecule has 2 aromatic rings. The smallest absolute Gasteiger partial charge is 0.318 e. The van der Waals surface area contributed by atoms with Gasteiger partial charge >= 0.3 is 6.03 Å². The molecule has 0 aromatic heterocycles. The Morgan fingerprint density at radius 1 is 1.22 bits per heavy atom. The molecule has 1 N–H and O–H groups in total. The van der Waals surface area contributed by atoms with E-state index in [9.17, 15) is 22.0 Å². The number of sulfonamides is 1. The predicted octanol–water partition coefficient (Wildman–Crippen LogP) is 2.92. The number of amides is 2. The van der Waals surface area contributed by atoms with Gasteiger partial charge in [-0.15, -0.1) is 0 Å². The van der Waals surface area contributed by atoms with Crippen molar-refractivity contribution in [1.82, 2.24) is 14.7 Å². The molecule has 1 fully saturated rings. The summed E-state index contributed by atoms with van der Waals surface area (Å²) in [6.07, 6.45) is 1.32. The van der Waals surface area contributed by atoms with Crippen LogP contribution in [0.15, 0.2) is 36.4 Å². The second kappa shape index (κ2) is 9.47. The SMILES string of the molecule is CON(C)C(=O)N1CC[C@H](NS(C)(=O)=O)[C@@H]1Cc1cccc(-c2cc(F)cc(F)c2)c1F. The van der Waals surface area contributed by atoms with Gasteiger partial charge in [-0.25, -0.2) is 36.2 Å². The zero-order valence-electron chi connectivity index (χ0n) is 17.8. The van der Waals surface area contributed by atoms with Gasteiger partial charge < -0.3 is 4.90 Å². The van der Waals surface area contributed by atoms with Gasteiger partial charge in [0, 0.05) is 31.3 Å². The van der Waals surface area contributed by atoms with Crippen molar-refractivity contribution in [3.8, 4) is 11.1 Å². The first-order valence-electron chi connectivity index (χ1n) is 9.79. The van der Waals surface area contributed by atoms with E-state index in [4.69, 9.17) is 4.84 Å². The number of carbonyl (C=O) groups is 1. The number of hydrogen-bond acceptors (Lipinski definition) is 4. The van der Waals surface area contributed by atoms with Gasteiger partial charge in [-0.2, -0.15) is 0 Å². The Morgan fingerprint density at radius 3 is 2.47 bits per heavy atom. The molecule has 1 heterocycles. The Morgan fingerprint density at radius 2 is 1.88 bits per heavy atom. The van der Waals surface area contributed by atoms with E-state index in [0.717, 1.165) is 23.5 Å². The fraction of sp³-hybridized carbons (Fsp3) is 0.381. The molecule has 3 rings (SSSR count). The first-order chi connectivity index (χ1) is 15.0. The molecule has 11 heteroatoms. The van der Waals surface area contributed by atoms with Crippen LogP contribution in [0.1, 0.15) is 12.0 Å². The van der Waals surface area contributed by atoms with Gasteiger partial charge in [-0.3, -0.25) is 4.84 Å². The van der Waals surface area contributed by atoms with Crippen molar-refractivity contribution in [3.63, 3.8) is 0 Å². The molecule has 7 nitrogen and oxygen atoms in total. The second-order valence-electron chi connectivity index (χ2n) is 7.65. The monoisotopic (exact) mass is 471 g/mol. The number of likely N-dealkylation sites (tertiary alicyclic amines) is 1. The summed E-state index contributed by atoms with van der Waals surface area (Å²) in [5.74, 6) is -2.37. The van der Waals surface area contributed by atoms with E-state index >= 15 is 4.39 Å². The van der Waals surface area contributed by atoms with E-state index in [1.807, 2.05) is 0 Å². The number of nitrogens with zero attached hydrogens (tertiary/aromatic N) is 2. The van der Waals surface area contributed by atoms with Crippen LogP contribution in [0.5, 0.6) is 0 Å². The molecular weight excluding hydrogens is 447 g/mol. The van der Waals surface area contributed by atoms with Crippen molar-refractivity contribution >= 4 is 16.1 Å². The first kappa shape index (κ1) is 24.0. The highest BCUT2D eigenvalue weighted by molar-refractivity contribution is 7.88. The number of nitrogens with one attached hydrogen (secondary N) is 1. The highest BCUT2D eigenvalue weighted by Crippen LogP contribution is 2.30. The van der Waals surface area contributed by atoms with Crippen LogP contribution >= 0.6 is 0 Å². The molecule has 0 saturated carbocycles. The minimum atomic E-state index is -3.59. The number of carbonyl (C=O) groups excluding carboxylic acids is 1. The molecule has 1 aliphatic rings. The fourth-order valence-electron chi connectivity index (χ4n) is 3.91. The molecule has 0 bridgehead atoms. The molecule has 0 unspecified atom stereocenters. The topological polar surface area (TPSA) is 79.0 Å². The van der Waals surface area contributed by atoms with E-state index in [-0.39, 0.29) is 29.7 Å². The summed E-state index contributed by atoms with van der Waals surface area (Å²) in [7, 11) is -0.859. The zero-order chi connectivity index (χ0) is 23.6. The highest BCUT2D eigenvalue weighted by Gasteiger charge is 2.40. The van der Waals surface area contributed by atoms with Gasteiger partial charge in [0.25, 0.3) is 0 Å². The molecule has 1 saturated heterocycles. The lowest BCUT2D eigenvalue weighted by molar-refractivity contribution is -0.0770. The third-order valence-electron chi connectivity index (χ3n) is 5.38. The Labute approximate surface area is 184 Å². The van der Waals surface area contributed by atoms with Gasteiger partial charge in [0.15, 0.2) is 0 Å². The molecule has 2 aromatic carbocycles. The maximum atomic E-state index is 15.4. The van der Waals surface area contributed by atoms with Gasteiger partial charge in [-0.1, -0.05) is 18.2 Å². The average molecular weight is 472 g/mol. The number of benzene rings is 2. The van der Waals surface area contributed by atoms with Crippen LogP contribution in [0, 0.1) is 17.5 Å². The number of urea groups is 1. The lowest BCUT2D eigenvalue weighted by Crippen LogP contribution is -2.50. The van der Waals surface area contributed by atoms with Crippen LogP contribution in [0.3, 0.4) is 0 Å². The van der Waals surface area contributed by atoms with Crippen molar-refractivity contribution < 1.29 is 31.2 Å². The number of halogens is 3. The number of hydrogen-bond donors (Lipinski definition) is 1. The average Bonchev–Trinajstić information content (AvgIpc) is 3.08. The Kier molecular flexibility index (Phi) is 7.11. The van der Waals surface area contributed by atoms with Crippen LogP contribution in [-0.4, -0.2) is 63.5 Å². The van der Waals surface area contributed by atoms with E-state index in [2.05, 4.69) is 4.72 Å². The van der Waals surface area contributed by atoms with Crippen molar-refractivity contribution in [3.05, 3.63) is 59.4 Å². The number of rotatable bonds is 6. The highest BCUT2D eigenvalue weighted by atomic mass is 32.2. The molecule has 0 spiro atoms. The van der Waals surface area contributed by atoms with Crippen molar-refractivity contribution in [2.75, 3.05) is 27.0 Å². The zero-order valence-corrected chi connectivity index (χ0v) is 18.6. The quantitative estimate of drug-likeness (QED) is 0.658. The van der Waals surface area contributed by atoms with Gasteiger partial charge in [0.1, 0.15) is 17.5 Å². The van der Waals surface area contributed by atoms with Crippen LogP contribution < -0.4 is 4.72 Å². The molecule has 32 heavy (non-hydrogen) atoms. The van der Waals surface area contributed by atoms with Crippen LogP contribution in [-0.2, 0) is 21.3 Å². The third kappa shape index (κ3) is 5.40. The normalized spacial score (nSPS) is 18.8. The summed E-state index contributed by atoms with van der Waals surface area (Å²) < 4.78 is 68.8. The largest absolute Gasteiger partial charge is 0.343 e. The Balaban J connectivity index is 1.97. The summed E-state index contributed by atoms with van der Waals surface area (Å²) >= 11 is 0. The molecule has 174 valence electrons. The summed E-state index contributed by atoms with van der Waals surface area (Å²) in [5.41, 5.74) is 0.210. The minimum Gasteiger partial charge on any atom is -0.318 e. The van der Waals surface area contributed by atoms with Crippen LogP contribution in [0.2, 0.25) is 0 Å². The maximum Gasteiger partial charge on any atom is 0.343 e. The molecule has 1 aliphatic heterocycles. The molecule has 2 atom stereocenters. The summed E-state index contributed by atoms with van der Waals surface area (Å²) in [6, 6.07) is 5.33. The summed E-state index contributed by atoms with van der Waals surface area (Å²) in [4.78, 5) is 19.1. The van der Waals surface area contributed by atoms with Gasteiger partial charge in [0.05, 0.1) is 19.4 Å². The predicted molar refractivity (Wildman–Crippen MR) is 113 cm³/mol. The second-order valence-corrected chi connectivity index (χ2v) is 9.43. The van der Waals surface area contributed by atoms with Crippen molar-refractivity contribution in [2.24, 2.45) is 0 Å². The lowest BCUT2D eigenvalue weighted by atomic mass is 9.96. The van der Waals surface area contributed by atoms with Crippen LogP contribution in [0.25, 0.3) is 11.1 Å². The molecule has 0 aliphatic carbocycles. The van der Waals surface area contributed by atoms with Crippen molar-refractivity contribution in [1.29, 1.82) is 0 Å². The van der Waals surface area contributed by atoms with E-state index < -0.39 is 45.6 Å². The lowest BCUT2D eigenvalue weighted by Gasteiger charge is -2.31. The molecule has 2 amide bonds. The first-order valence-corrected chi connectivity index (χ1v) is 11.7. The summed E-state index contributed by atoms with van der Waals surface area (Å²) in [5, 5.41) is 0.998. The Bertz CT molecular complexity index is 1090. The van der Waals surface area contributed by atoms with Gasteiger partial charge in [-0.05, 0) is 36.1 Å². The van der Waals surface area contributed by atoms with Gasteiger partial charge in [0.2, 0.25) is 10.0 Å². The van der Waals surface area contributed by atoms with E-state index in [1.165, 1.54) is 37.3 Å². The summed E-state index contributed by atoms with van der Waals surface area (Å²) in [6.45, 7) is 0.237. The maximum absolute atomic E-state index is 15.4.